The van der Waals surface area contributed by atoms with Gasteiger partial charge in [-0.15, -0.1) is 23.1 Å². The molecule has 0 radical (unpaired) electrons. The molecule has 0 amide bonds. The molecule has 0 saturated carbocycles. The van der Waals surface area contributed by atoms with Gasteiger partial charge in [0.2, 0.25) is 0 Å². The number of thioether (sulfide) groups is 1. The van der Waals surface area contributed by atoms with Gasteiger partial charge in [-0.3, -0.25) is 4.99 Å². The summed E-state index contributed by atoms with van der Waals surface area (Å²) >= 11 is 3.51. The van der Waals surface area contributed by atoms with Gasteiger partial charge >= 0.3 is 0 Å². The molecule has 0 fully saturated rings. The Labute approximate surface area is 157 Å². The van der Waals surface area contributed by atoms with Crippen molar-refractivity contribution in [3.8, 4) is 0 Å². The van der Waals surface area contributed by atoms with E-state index in [-0.39, 0.29) is 5.82 Å². The molecule has 25 heavy (non-hydrogen) atoms. The minimum Gasteiger partial charge on any atom is -0.356 e. The van der Waals surface area contributed by atoms with Crippen molar-refractivity contribution in [1.29, 1.82) is 0 Å². The monoisotopic (exact) mass is 380 g/mol. The summed E-state index contributed by atoms with van der Waals surface area (Å²) in [7, 11) is 1.78. The number of guanidine groups is 1. The Morgan fingerprint density at radius 3 is 2.68 bits per heavy atom. The zero-order valence-corrected chi connectivity index (χ0v) is 16.4. The molecule has 0 aliphatic rings. The molecule has 0 aliphatic heterocycles. The van der Waals surface area contributed by atoms with E-state index >= 15 is 0 Å². The highest BCUT2D eigenvalue weighted by Gasteiger charge is 2.02. The van der Waals surface area contributed by atoms with Gasteiger partial charge in [-0.2, -0.15) is 0 Å². The number of rotatable bonds is 9. The van der Waals surface area contributed by atoms with E-state index in [9.17, 15) is 4.39 Å². The Morgan fingerprint density at radius 2 is 2.00 bits per heavy atom. The van der Waals surface area contributed by atoms with Gasteiger partial charge in [-0.05, 0) is 42.9 Å². The molecular weight excluding hydrogens is 355 g/mol. The Balaban J connectivity index is 1.57. The molecule has 1 aromatic heterocycles. The lowest BCUT2D eigenvalue weighted by Crippen LogP contribution is -2.38. The second kappa shape index (κ2) is 11.1. The van der Waals surface area contributed by atoms with Crippen LogP contribution in [0, 0.1) is 5.82 Å². The van der Waals surface area contributed by atoms with Gasteiger partial charge in [0.25, 0.3) is 0 Å². The summed E-state index contributed by atoms with van der Waals surface area (Å²) in [6.07, 6.45) is 4.93. The van der Waals surface area contributed by atoms with Crippen LogP contribution >= 0.6 is 23.1 Å². The number of benzene rings is 1. The van der Waals surface area contributed by atoms with Crippen LogP contribution in [-0.4, -0.2) is 36.8 Å². The van der Waals surface area contributed by atoms with E-state index in [1.54, 1.807) is 30.1 Å². The molecule has 0 spiro atoms. The van der Waals surface area contributed by atoms with Crippen LogP contribution in [-0.2, 0) is 12.8 Å². The SMILES string of the molecule is CCc1cnc(CCNC(=NC)NCCCSc2ccc(F)cc2)s1. The molecule has 0 unspecified atom stereocenters. The highest BCUT2D eigenvalue weighted by atomic mass is 32.2. The molecule has 7 heteroatoms. The van der Waals surface area contributed by atoms with Crippen molar-refractivity contribution in [2.75, 3.05) is 25.9 Å². The fraction of sp³-hybridized carbons (Fsp3) is 0.444. The first-order valence-corrected chi connectivity index (χ1v) is 10.3. The molecule has 0 atom stereocenters. The Morgan fingerprint density at radius 1 is 1.24 bits per heavy atom. The molecule has 0 bridgehead atoms. The lowest BCUT2D eigenvalue weighted by molar-refractivity contribution is 0.626. The number of aliphatic imine (C=N–C) groups is 1. The second-order valence-electron chi connectivity index (χ2n) is 5.41. The number of aryl methyl sites for hydroxylation is 1. The average Bonchev–Trinajstić information content (AvgIpc) is 3.09. The Kier molecular flexibility index (Phi) is 8.76. The largest absolute Gasteiger partial charge is 0.356 e. The highest BCUT2D eigenvalue weighted by Crippen LogP contribution is 2.18. The topological polar surface area (TPSA) is 49.3 Å². The van der Waals surface area contributed by atoms with Crippen LogP contribution in [0.25, 0.3) is 0 Å². The first-order chi connectivity index (χ1) is 12.2. The van der Waals surface area contributed by atoms with Gasteiger partial charge in [0.05, 0.1) is 5.01 Å². The highest BCUT2D eigenvalue weighted by molar-refractivity contribution is 7.99. The van der Waals surface area contributed by atoms with Gasteiger partial charge in [-0.25, -0.2) is 9.37 Å². The lowest BCUT2D eigenvalue weighted by Gasteiger charge is -2.11. The Bertz CT molecular complexity index is 655. The van der Waals surface area contributed by atoms with Crippen LogP contribution in [0.1, 0.15) is 23.2 Å². The molecule has 0 aliphatic carbocycles. The van der Waals surface area contributed by atoms with Crippen molar-refractivity contribution in [2.24, 2.45) is 4.99 Å². The minimum absolute atomic E-state index is 0.190. The minimum atomic E-state index is -0.190. The third-order valence-corrected chi connectivity index (χ3v) is 5.80. The van der Waals surface area contributed by atoms with E-state index < -0.39 is 0 Å². The average molecular weight is 381 g/mol. The maximum atomic E-state index is 12.8. The number of thiazole rings is 1. The van der Waals surface area contributed by atoms with Crippen LogP contribution in [0.15, 0.2) is 40.4 Å². The fourth-order valence-electron chi connectivity index (χ4n) is 2.14. The van der Waals surface area contributed by atoms with E-state index in [2.05, 4.69) is 27.5 Å². The van der Waals surface area contributed by atoms with Gasteiger partial charge in [-0.1, -0.05) is 6.92 Å². The quantitative estimate of drug-likeness (QED) is 0.301. The Hall–Kier alpha value is -1.60. The number of nitrogens with one attached hydrogen (secondary N) is 2. The predicted molar refractivity (Wildman–Crippen MR) is 106 cm³/mol. The van der Waals surface area contributed by atoms with Gasteiger partial charge in [0, 0.05) is 42.5 Å². The summed E-state index contributed by atoms with van der Waals surface area (Å²) in [5, 5.41) is 7.80. The number of aromatic nitrogens is 1. The third kappa shape index (κ3) is 7.44. The van der Waals surface area contributed by atoms with Crippen LogP contribution in [0.2, 0.25) is 0 Å². The number of halogens is 1. The summed E-state index contributed by atoms with van der Waals surface area (Å²) in [5.74, 6) is 1.61. The molecule has 4 nitrogen and oxygen atoms in total. The van der Waals surface area contributed by atoms with E-state index in [4.69, 9.17) is 0 Å². The standard InChI is InChI=1S/C18H25FN4S2/c1-3-15-13-23-17(25-15)9-11-22-18(20-2)21-10-4-12-24-16-7-5-14(19)6-8-16/h5-8,13H,3-4,9-12H2,1-2H3,(H2,20,21,22). The number of hydrogen-bond donors (Lipinski definition) is 2. The molecule has 1 heterocycles. The first kappa shape index (κ1) is 19.7. The second-order valence-corrected chi connectivity index (χ2v) is 7.77. The van der Waals surface area contributed by atoms with E-state index in [1.165, 1.54) is 17.0 Å². The summed E-state index contributed by atoms with van der Waals surface area (Å²) in [5.41, 5.74) is 0. The summed E-state index contributed by atoms with van der Waals surface area (Å²) in [6, 6.07) is 6.63. The molecule has 2 rings (SSSR count). The molecule has 2 N–H and O–H groups in total. The zero-order chi connectivity index (χ0) is 17.9. The smallest absolute Gasteiger partial charge is 0.190 e. The van der Waals surface area contributed by atoms with Gasteiger partial charge < -0.3 is 10.6 Å². The summed E-state index contributed by atoms with van der Waals surface area (Å²) in [6.45, 7) is 3.82. The molecular formula is C18H25FN4S2. The van der Waals surface area contributed by atoms with Crippen molar-refractivity contribution in [3.05, 3.63) is 46.2 Å². The fourth-order valence-corrected chi connectivity index (χ4v) is 3.85. The van der Waals surface area contributed by atoms with Crippen molar-refractivity contribution >= 4 is 29.1 Å². The number of nitrogens with zero attached hydrogens (tertiary/aromatic N) is 2. The molecule has 1 aromatic carbocycles. The summed E-state index contributed by atoms with van der Waals surface area (Å²) < 4.78 is 12.8. The normalized spacial score (nSPS) is 11.6. The molecule has 2 aromatic rings. The third-order valence-electron chi connectivity index (χ3n) is 3.50. The van der Waals surface area contributed by atoms with Gasteiger partial charge in [0.15, 0.2) is 5.96 Å². The maximum absolute atomic E-state index is 12.8. The zero-order valence-electron chi connectivity index (χ0n) is 14.7. The lowest BCUT2D eigenvalue weighted by atomic mass is 10.4. The predicted octanol–water partition coefficient (Wildman–Crippen LogP) is 3.73. The molecule has 0 saturated heterocycles. The number of hydrogen-bond acceptors (Lipinski definition) is 4. The van der Waals surface area contributed by atoms with E-state index in [0.717, 1.165) is 54.0 Å². The summed E-state index contributed by atoms with van der Waals surface area (Å²) in [4.78, 5) is 11.1. The molecule has 136 valence electrons. The van der Waals surface area contributed by atoms with Crippen molar-refractivity contribution in [3.63, 3.8) is 0 Å². The van der Waals surface area contributed by atoms with Gasteiger partial charge in [0.1, 0.15) is 5.82 Å². The van der Waals surface area contributed by atoms with Crippen LogP contribution in [0.4, 0.5) is 4.39 Å². The van der Waals surface area contributed by atoms with Crippen LogP contribution in [0.5, 0.6) is 0 Å². The first-order valence-electron chi connectivity index (χ1n) is 8.47. The van der Waals surface area contributed by atoms with E-state index in [1.807, 2.05) is 18.3 Å². The van der Waals surface area contributed by atoms with Crippen LogP contribution < -0.4 is 10.6 Å². The van der Waals surface area contributed by atoms with Crippen molar-refractivity contribution in [1.82, 2.24) is 15.6 Å². The van der Waals surface area contributed by atoms with E-state index in [0.29, 0.717) is 0 Å². The van der Waals surface area contributed by atoms with Crippen molar-refractivity contribution < 1.29 is 4.39 Å². The van der Waals surface area contributed by atoms with Crippen LogP contribution in [0.3, 0.4) is 0 Å². The maximum Gasteiger partial charge on any atom is 0.190 e. The van der Waals surface area contributed by atoms with Crippen molar-refractivity contribution in [2.45, 2.75) is 31.1 Å².